The van der Waals surface area contributed by atoms with Crippen molar-refractivity contribution < 1.29 is 9.53 Å². The highest BCUT2D eigenvalue weighted by molar-refractivity contribution is 5.95. The van der Waals surface area contributed by atoms with E-state index in [1.807, 2.05) is 30.0 Å². The van der Waals surface area contributed by atoms with Gasteiger partial charge in [0.25, 0.3) is 5.91 Å². The van der Waals surface area contributed by atoms with Crippen molar-refractivity contribution in [2.45, 2.75) is 32.3 Å². The van der Waals surface area contributed by atoms with E-state index in [9.17, 15) is 4.79 Å². The quantitative estimate of drug-likeness (QED) is 0.817. The zero-order chi connectivity index (χ0) is 16.9. The third-order valence-corrected chi connectivity index (χ3v) is 4.82. The van der Waals surface area contributed by atoms with E-state index in [-0.39, 0.29) is 12.0 Å². The van der Waals surface area contributed by atoms with Crippen molar-refractivity contribution >= 4 is 5.91 Å². The number of piperidine rings is 1. The molecule has 1 atom stereocenters. The minimum absolute atomic E-state index is 0.0889. The summed E-state index contributed by atoms with van der Waals surface area (Å²) in [5.41, 5.74) is 4.13. The largest absolute Gasteiger partial charge is 0.377 e. The molecule has 1 amide bonds. The van der Waals surface area contributed by atoms with Crippen molar-refractivity contribution in [3.8, 4) is 11.1 Å². The summed E-state index contributed by atoms with van der Waals surface area (Å²) in [4.78, 5) is 14.7. The molecule has 1 saturated heterocycles. The van der Waals surface area contributed by atoms with E-state index in [4.69, 9.17) is 4.74 Å². The Morgan fingerprint density at radius 3 is 2.38 bits per heavy atom. The molecule has 1 heterocycles. The Labute approximate surface area is 144 Å². The van der Waals surface area contributed by atoms with Crippen LogP contribution in [0.15, 0.2) is 48.5 Å². The molecule has 1 fully saturated rings. The number of likely N-dealkylation sites (tertiary alicyclic amines) is 1. The molecule has 0 bridgehead atoms. The van der Waals surface area contributed by atoms with Gasteiger partial charge in [-0.2, -0.15) is 0 Å². The minimum atomic E-state index is 0.0889. The van der Waals surface area contributed by atoms with Gasteiger partial charge in [-0.15, -0.1) is 0 Å². The molecule has 1 aliphatic heterocycles. The highest BCUT2D eigenvalue weighted by Gasteiger charge is 2.18. The molecule has 0 spiro atoms. The first-order valence-corrected chi connectivity index (χ1v) is 8.71. The normalized spacial score (nSPS) is 16.0. The lowest BCUT2D eigenvalue weighted by Gasteiger charge is -2.26. The molecule has 0 aromatic heterocycles. The molecule has 3 rings (SSSR count). The van der Waals surface area contributed by atoms with Crippen molar-refractivity contribution in [2.24, 2.45) is 0 Å². The number of methoxy groups -OCH3 is 1. The van der Waals surface area contributed by atoms with Crippen LogP contribution in [0.25, 0.3) is 11.1 Å². The van der Waals surface area contributed by atoms with Gasteiger partial charge in [-0.3, -0.25) is 4.79 Å². The second-order valence-corrected chi connectivity index (χ2v) is 6.43. The van der Waals surface area contributed by atoms with Gasteiger partial charge < -0.3 is 9.64 Å². The van der Waals surface area contributed by atoms with Crippen LogP contribution >= 0.6 is 0 Å². The summed E-state index contributed by atoms with van der Waals surface area (Å²) in [7, 11) is 1.72. The fourth-order valence-electron chi connectivity index (χ4n) is 3.19. The van der Waals surface area contributed by atoms with Crippen LogP contribution in [0.4, 0.5) is 0 Å². The molecule has 2 aromatic carbocycles. The van der Waals surface area contributed by atoms with Gasteiger partial charge in [-0.1, -0.05) is 36.4 Å². The Kier molecular flexibility index (Phi) is 5.31. The zero-order valence-corrected chi connectivity index (χ0v) is 14.5. The van der Waals surface area contributed by atoms with Gasteiger partial charge in [0.1, 0.15) is 0 Å². The summed E-state index contributed by atoms with van der Waals surface area (Å²) in [6, 6.07) is 16.3. The summed E-state index contributed by atoms with van der Waals surface area (Å²) >= 11 is 0. The molecule has 24 heavy (non-hydrogen) atoms. The molecular weight excluding hydrogens is 298 g/mol. The predicted octanol–water partition coefficient (Wildman–Crippen LogP) is 4.69. The van der Waals surface area contributed by atoms with E-state index in [0.29, 0.717) is 0 Å². The number of carbonyl (C=O) groups excluding carboxylic acids is 1. The van der Waals surface area contributed by atoms with E-state index < -0.39 is 0 Å². The number of ether oxygens (including phenoxy) is 1. The maximum Gasteiger partial charge on any atom is 0.253 e. The Morgan fingerprint density at radius 2 is 1.71 bits per heavy atom. The second kappa shape index (κ2) is 7.63. The van der Waals surface area contributed by atoms with Gasteiger partial charge in [-0.25, -0.2) is 0 Å². The van der Waals surface area contributed by atoms with Gasteiger partial charge in [-0.05, 0) is 55.0 Å². The van der Waals surface area contributed by atoms with Crippen molar-refractivity contribution in [3.05, 3.63) is 59.7 Å². The lowest BCUT2D eigenvalue weighted by Crippen LogP contribution is -2.35. The van der Waals surface area contributed by atoms with Crippen molar-refractivity contribution in [1.82, 2.24) is 4.90 Å². The van der Waals surface area contributed by atoms with Gasteiger partial charge in [0.15, 0.2) is 0 Å². The number of hydrogen-bond donors (Lipinski definition) is 0. The van der Waals surface area contributed by atoms with Gasteiger partial charge >= 0.3 is 0 Å². The first kappa shape index (κ1) is 16.7. The SMILES string of the molecule is CO[C@H](C)c1ccc(-c2cccc(C(=O)N3CCCCC3)c2)cc1. The average Bonchev–Trinajstić information content (AvgIpc) is 2.67. The zero-order valence-electron chi connectivity index (χ0n) is 14.5. The van der Waals surface area contributed by atoms with Crippen LogP contribution in [0, 0.1) is 0 Å². The number of hydrogen-bond acceptors (Lipinski definition) is 2. The van der Waals surface area contributed by atoms with Crippen molar-refractivity contribution in [2.75, 3.05) is 20.2 Å². The van der Waals surface area contributed by atoms with E-state index in [1.54, 1.807) is 7.11 Å². The molecule has 1 aliphatic rings. The number of nitrogens with zero attached hydrogens (tertiary/aromatic N) is 1. The van der Waals surface area contributed by atoms with Crippen LogP contribution in [0.3, 0.4) is 0 Å². The van der Waals surface area contributed by atoms with Crippen molar-refractivity contribution in [3.63, 3.8) is 0 Å². The smallest absolute Gasteiger partial charge is 0.253 e. The number of carbonyl (C=O) groups is 1. The number of benzene rings is 2. The summed E-state index contributed by atoms with van der Waals surface area (Å²) < 4.78 is 5.35. The van der Waals surface area contributed by atoms with E-state index in [0.717, 1.165) is 48.2 Å². The summed E-state index contributed by atoms with van der Waals surface area (Å²) in [6.45, 7) is 3.80. The van der Waals surface area contributed by atoms with Gasteiger partial charge in [0, 0.05) is 25.8 Å². The maximum absolute atomic E-state index is 12.7. The van der Waals surface area contributed by atoms with E-state index >= 15 is 0 Å². The molecule has 2 aromatic rings. The van der Waals surface area contributed by atoms with Crippen LogP contribution < -0.4 is 0 Å². The Bertz CT molecular complexity index is 687. The van der Waals surface area contributed by atoms with Gasteiger partial charge in [0.2, 0.25) is 0 Å². The topological polar surface area (TPSA) is 29.5 Å². The number of rotatable bonds is 4. The Morgan fingerprint density at radius 1 is 1.00 bits per heavy atom. The first-order valence-electron chi connectivity index (χ1n) is 8.71. The third kappa shape index (κ3) is 3.68. The number of amides is 1. The fourth-order valence-corrected chi connectivity index (χ4v) is 3.19. The summed E-state index contributed by atoms with van der Waals surface area (Å²) in [6.07, 6.45) is 3.55. The van der Waals surface area contributed by atoms with Crippen LogP contribution in [0.5, 0.6) is 0 Å². The molecule has 0 N–H and O–H groups in total. The fraction of sp³-hybridized carbons (Fsp3) is 0.381. The maximum atomic E-state index is 12.7. The Balaban J connectivity index is 1.81. The highest BCUT2D eigenvalue weighted by Crippen LogP contribution is 2.24. The Hall–Kier alpha value is -2.13. The first-order chi connectivity index (χ1) is 11.7. The predicted molar refractivity (Wildman–Crippen MR) is 97.1 cm³/mol. The molecule has 3 heteroatoms. The molecule has 0 unspecified atom stereocenters. The minimum Gasteiger partial charge on any atom is -0.377 e. The summed E-state index contributed by atoms with van der Waals surface area (Å²) in [5.74, 6) is 0.154. The standard InChI is InChI=1S/C21H25NO2/c1-16(24-2)17-9-11-18(12-10-17)19-7-6-8-20(15-19)21(23)22-13-4-3-5-14-22/h6-12,15-16H,3-5,13-14H2,1-2H3/t16-/m1/s1. The average molecular weight is 323 g/mol. The lowest BCUT2D eigenvalue weighted by atomic mass is 10.00. The molecule has 126 valence electrons. The third-order valence-electron chi connectivity index (χ3n) is 4.82. The van der Waals surface area contributed by atoms with Crippen molar-refractivity contribution in [1.29, 1.82) is 0 Å². The molecular formula is C21H25NO2. The monoisotopic (exact) mass is 323 g/mol. The molecule has 0 aliphatic carbocycles. The lowest BCUT2D eigenvalue weighted by molar-refractivity contribution is 0.0724. The van der Waals surface area contributed by atoms with Gasteiger partial charge in [0.05, 0.1) is 6.10 Å². The summed E-state index contributed by atoms with van der Waals surface area (Å²) in [5, 5.41) is 0. The highest BCUT2D eigenvalue weighted by atomic mass is 16.5. The van der Waals surface area contributed by atoms with Crippen LogP contribution in [0.2, 0.25) is 0 Å². The molecule has 3 nitrogen and oxygen atoms in total. The van der Waals surface area contributed by atoms with Crippen LogP contribution in [-0.2, 0) is 4.74 Å². The molecule has 0 saturated carbocycles. The van der Waals surface area contributed by atoms with Crippen LogP contribution in [-0.4, -0.2) is 31.0 Å². The van der Waals surface area contributed by atoms with E-state index in [2.05, 4.69) is 30.3 Å². The van der Waals surface area contributed by atoms with E-state index in [1.165, 1.54) is 6.42 Å². The van der Waals surface area contributed by atoms with Crippen LogP contribution in [0.1, 0.15) is 48.2 Å². The second-order valence-electron chi connectivity index (χ2n) is 6.43. The molecule has 0 radical (unpaired) electrons.